The highest BCUT2D eigenvalue weighted by atomic mass is 32.1. The molecule has 2 aromatic heterocycles. The van der Waals surface area contributed by atoms with E-state index < -0.39 is 23.6 Å². The van der Waals surface area contributed by atoms with E-state index in [0.29, 0.717) is 4.88 Å². The normalized spacial score (nSPS) is 11.8. The molecule has 18 heavy (non-hydrogen) atoms. The molecule has 0 atom stereocenters. The summed E-state index contributed by atoms with van der Waals surface area (Å²) in [7, 11) is 0. The van der Waals surface area contributed by atoms with Crippen molar-refractivity contribution in [3.63, 3.8) is 0 Å². The van der Waals surface area contributed by atoms with E-state index in [1.165, 1.54) is 17.4 Å². The Morgan fingerprint density at radius 1 is 1.44 bits per heavy atom. The molecule has 2 aromatic rings. The van der Waals surface area contributed by atoms with Crippen molar-refractivity contribution in [1.82, 2.24) is 4.98 Å². The third-order valence-corrected chi connectivity index (χ3v) is 3.03. The quantitative estimate of drug-likeness (QED) is 0.913. The van der Waals surface area contributed by atoms with E-state index in [1.54, 1.807) is 13.0 Å². The van der Waals surface area contributed by atoms with Gasteiger partial charge < -0.3 is 9.52 Å². The molecule has 2 rings (SSSR count). The van der Waals surface area contributed by atoms with Gasteiger partial charge in [0.25, 0.3) is 0 Å². The number of carboxylic acid groups (broad SMARTS) is 1. The maximum atomic E-state index is 12.6. The first kappa shape index (κ1) is 12.6. The van der Waals surface area contributed by atoms with Gasteiger partial charge in [-0.05, 0) is 19.1 Å². The second kappa shape index (κ2) is 4.13. The van der Waals surface area contributed by atoms with Crippen LogP contribution in [0, 0.1) is 6.92 Å². The second-order valence-electron chi connectivity index (χ2n) is 3.41. The van der Waals surface area contributed by atoms with Crippen molar-refractivity contribution in [3.05, 3.63) is 28.5 Å². The summed E-state index contributed by atoms with van der Waals surface area (Å²) in [6.45, 7) is 1.76. The van der Waals surface area contributed by atoms with Crippen LogP contribution in [0.25, 0.3) is 10.8 Å². The lowest BCUT2D eigenvalue weighted by molar-refractivity contribution is -0.141. The standard InChI is InChI=1S/C10H6F3NO3S/c1-4-2-3-5(18-4)8-14-7(10(11,12)13)6(17-8)9(15)16/h2-3H,1H3,(H,15,16). The van der Waals surface area contributed by atoms with Gasteiger partial charge in [-0.1, -0.05) is 0 Å². The summed E-state index contributed by atoms with van der Waals surface area (Å²) in [6.07, 6.45) is -4.86. The molecule has 0 amide bonds. The van der Waals surface area contributed by atoms with Gasteiger partial charge >= 0.3 is 12.1 Å². The maximum Gasteiger partial charge on any atom is 0.437 e. The molecule has 1 N–H and O–H groups in total. The monoisotopic (exact) mass is 277 g/mol. The number of aromatic nitrogens is 1. The summed E-state index contributed by atoms with van der Waals surface area (Å²) in [4.78, 5) is 15.1. The molecule has 0 fully saturated rings. The highest BCUT2D eigenvalue weighted by Gasteiger charge is 2.41. The average molecular weight is 277 g/mol. The number of alkyl halides is 3. The van der Waals surface area contributed by atoms with Crippen LogP contribution in [0.15, 0.2) is 16.5 Å². The summed E-state index contributed by atoms with van der Waals surface area (Å²) < 4.78 is 42.4. The molecule has 0 bridgehead atoms. The van der Waals surface area contributed by atoms with E-state index in [-0.39, 0.29) is 5.89 Å². The van der Waals surface area contributed by atoms with Crippen LogP contribution in [0.4, 0.5) is 13.2 Å². The molecule has 0 radical (unpaired) electrons. The van der Waals surface area contributed by atoms with Crippen LogP contribution < -0.4 is 0 Å². The van der Waals surface area contributed by atoms with Gasteiger partial charge in [0.15, 0.2) is 5.69 Å². The van der Waals surface area contributed by atoms with Crippen LogP contribution in [0.2, 0.25) is 0 Å². The Hall–Kier alpha value is -1.83. The molecule has 8 heteroatoms. The molecular weight excluding hydrogens is 271 g/mol. The van der Waals surface area contributed by atoms with Crippen LogP contribution >= 0.6 is 11.3 Å². The molecule has 0 aliphatic heterocycles. The number of carboxylic acids is 1. The Kier molecular flexibility index (Phi) is 2.89. The zero-order valence-corrected chi connectivity index (χ0v) is 9.72. The number of carbonyl (C=O) groups is 1. The zero-order chi connectivity index (χ0) is 13.5. The largest absolute Gasteiger partial charge is 0.475 e. The van der Waals surface area contributed by atoms with E-state index in [9.17, 15) is 18.0 Å². The number of hydrogen-bond donors (Lipinski definition) is 1. The van der Waals surface area contributed by atoms with Gasteiger partial charge in [0.05, 0.1) is 4.88 Å². The number of rotatable bonds is 2. The van der Waals surface area contributed by atoms with Gasteiger partial charge in [0.2, 0.25) is 11.7 Å². The molecular formula is C10H6F3NO3S. The van der Waals surface area contributed by atoms with Gasteiger partial charge in [-0.25, -0.2) is 9.78 Å². The minimum absolute atomic E-state index is 0.335. The van der Waals surface area contributed by atoms with Crippen LogP contribution in [0.1, 0.15) is 21.1 Å². The lowest BCUT2D eigenvalue weighted by Gasteiger charge is -2.00. The summed E-state index contributed by atoms with van der Waals surface area (Å²) in [6, 6.07) is 3.20. The predicted molar refractivity (Wildman–Crippen MR) is 56.5 cm³/mol. The van der Waals surface area contributed by atoms with Crippen LogP contribution in [-0.4, -0.2) is 16.1 Å². The van der Waals surface area contributed by atoms with Crippen molar-refractivity contribution in [2.24, 2.45) is 0 Å². The first-order chi connectivity index (χ1) is 8.29. The van der Waals surface area contributed by atoms with Crippen LogP contribution in [0.3, 0.4) is 0 Å². The number of hydrogen-bond acceptors (Lipinski definition) is 4. The van der Waals surface area contributed by atoms with Gasteiger partial charge in [-0.3, -0.25) is 0 Å². The van der Waals surface area contributed by atoms with Gasteiger partial charge in [0.1, 0.15) is 0 Å². The molecule has 0 spiro atoms. The number of halogens is 3. The SMILES string of the molecule is Cc1ccc(-c2nc(C(F)(F)F)c(C(=O)O)o2)s1. The van der Waals surface area contributed by atoms with E-state index in [1.807, 2.05) is 0 Å². The molecule has 0 saturated heterocycles. The smallest absolute Gasteiger partial charge is 0.437 e. The lowest BCUT2D eigenvalue weighted by atomic mass is 10.3. The van der Waals surface area contributed by atoms with Gasteiger partial charge in [0, 0.05) is 4.88 Å². The Morgan fingerprint density at radius 2 is 2.11 bits per heavy atom. The summed E-state index contributed by atoms with van der Waals surface area (Å²) >= 11 is 1.17. The average Bonchev–Trinajstić information content (AvgIpc) is 2.81. The zero-order valence-electron chi connectivity index (χ0n) is 8.91. The Labute approximate surface area is 103 Å². The Morgan fingerprint density at radius 3 is 2.50 bits per heavy atom. The summed E-state index contributed by atoms with van der Waals surface area (Å²) in [5.41, 5.74) is -1.52. The molecule has 0 saturated carbocycles. The topological polar surface area (TPSA) is 63.3 Å². The first-order valence-electron chi connectivity index (χ1n) is 4.67. The molecule has 2 heterocycles. The summed E-state index contributed by atoms with van der Waals surface area (Å²) in [5.74, 6) is -3.32. The fourth-order valence-electron chi connectivity index (χ4n) is 1.31. The third kappa shape index (κ3) is 2.23. The number of nitrogens with zero attached hydrogens (tertiary/aromatic N) is 1. The van der Waals surface area contributed by atoms with Crippen LogP contribution in [0.5, 0.6) is 0 Å². The fraction of sp³-hybridized carbons (Fsp3) is 0.200. The number of aromatic carboxylic acids is 1. The van der Waals surface area contributed by atoms with Gasteiger partial charge in [-0.15, -0.1) is 11.3 Å². The minimum Gasteiger partial charge on any atom is -0.475 e. The van der Waals surface area contributed by atoms with Crippen molar-refractivity contribution in [3.8, 4) is 10.8 Å². The van der Waals surface area contributed by atoms with Crippen molar-refractivity contribution in [1.29, 1.82) is 0 Å². The first-order valence-corrected chi connectivity index (χ1v) is 5.49. The van der Waals surface area contributed by atoms with Crippen molar-refractivity contribution in [2.45, 2.75) is 13.1 Å². The highest BCUT2D eigenvalue weighted by molar-refractivity contribution is 7.15. The molecule has 96 valence electrons. The Bertz CT molecular complexity index is 600. The van der Waals surface area contributed by atoms with Crippen molar-refractivity contribution >= 4 is 17.3 Å². The molecule has 0 aromatic carbocycles. The molecule has 0 aliphatic carbocycles. The van der Waals surface area contributed by atoms with Crippen LogP contribution in [-0.2, 0) is 6.18 Å². The van der Waals surface area contributed by atoms with Crippen molar-refractivity contribution in [2.75, 3.05) is 0 Å². The molecule has 4 nitrogen and oxygen atoms in total. The predicted octanol–water partition coefficient (Wildman–Crippen LogP) is 3.43. The fourth-order valence-corrected chi connectivity index (χ4v) is 2.11. The van der Waals surface area contributed by atoms with E-state index in [0.717, 1.165) is 4.88 Å². The van der Waals surface area contributed by atoms with E-state index >= 15 is 0 Å². The molecule has 0 aliphatic rings. The van der Waals surface area contributed by atoms with E-state index in [4.69, 9.17) is 5.11 Å². The lowest BCUT2D eigenvalue weighted by Crippen LogP contribution is -2.11. The van der Waals surface area contributed by atoms with Crippen molar-refractivity contribution < 1.29 is 27.5 Å². The molecule has 0 unspecified atom stereocenters. The maximum absolute atomic E-state index is 12.6. The summed E-state index contributed by atoms with van der Waals surface area (Å²) in [5, 5.41) is 8.66. The third-order valence-electron chi connectivity index (χ3n) is 2.04. The minimum atomic E-state index is -4.86. The number of thiophene rings is 1. The number of aryl methyl sites for hydroxylation is 1. The Balaban J connectivity index is 2.56. The number of oxazole rings is 1. The second-order valence-corrected chi connectivity index (χ2v) is 4.70. The van der Waals surface area contributed by atoms with Gasteiger partial charge in [-0.2, -0.15) is 13.2 Å². The van der Waals surface area contributed by atoms with E-state index in [2.05, 4.69) is 9.40 Å². The highest BCUT2D eigenvalue weighted by Crippen LogP contribution is 2.36.